The van der Waals surface area contributed by atoms with Crippen molar-refractivity contribution in [1.29, 1.82) is 0 Å². The monoisotopic (exact) mass is 198 g/mol. The molecule has 2 rings (SSSR count). The van der Waals surface area contributed by atoms with Gasteiger partial charge >= 0.3 is 0 Å². The highest BCUT2D eigenvalue weighted by Gasteiger charge is 2.44. The summed E-state index contributed by atoms with van der Waals surface area (Å²) in [6, 6.07) is 0. The van der Waals surface area contributed by atoms with Crippen LogP contribution < -0.4 is 0 Å². The minimum Gasteiger partial charge on any atom is -0.396 e. The molecule has 4 atom stereocenters. The van der Waals surface area contributed by atoms with Crippen molar-refractivity contribution in [2.75, 3.05) is 6.61 Å². The van der Waals surface area contributed by atoms with E-state index in [1.807, 2.05) is 0 Å². The van der Waals surface area contributed by atoms with Crippen LogP contribution >= 0.6 is 0 Å². The molecule has 2 aliphatic rings. The fourth-order valence-corrected chi connectivity index (χ4v) is 3.60. The first-order valence-corrected chi connectivity index (χ1v) is 5.97. The molecule has 0 heterocycles. The SMILES string of the molecule is CC1CC2CCC(O)(CCO)C(C1)C2. The van der Waals surface area contributed by atoms with Crippen molar-refractivity contribution in [3.8, 4) is 0 Å². The number of hydrogen-bond donors (Lipinski definition) is 2. The van der Waals surface area contributed by atoms with E-state index in [2.05, 4.69) is 6.92 Å². The fourth-order valence-electron chi connectivity index (χ4n) is 3.60. The lowest BCUT2D eigenvalue weighted by atomic mass is 9.61. The molecule has 0 amide bonds. The summed E-state index contributed by atoms with van der Waals surface area (Å²) in [4.78, 5) is 0. The van der Waals surface area contributed by atoms with E-state index < -0.39 is 5.60 Å². The molecular weight excluding hydrogens is 176 g/mol. The third-order valence-corrected chi connectivity index (χ3v) is 4.33. The minimum absolute atomic E-state index is 0.131. The molecule has 2 N–H and O–H groups in total. The van der Waals surface area contributed by atoms with Crippen molar-refractivity contribution in [2.24, 2.45) is 17.8 Å². The van der Waals surface area contributed by atoms with Crippen LogP contribution in [0.1, 0.15) is 45.4 Å². The topological polar surface area (TPSA) is 40.5 Å². The highest BCUT2D eigenvalue weighted by atomic mass is 16.3. The first-order valence-electron chi connectivity index (χ1n) is 5.97. The summed E-state index contributed by atoms with van der Waals surface area (Å²) in [6.07, 6.45) is 6.36. The maximum absolute atomic E-state index is 10.4. The quantitative estimate of drug-likeness (QED) is 0.712. The van der Waals surface area contributed by atoms with E-state index in [1.165, 1.54) is 12.8 Å². The molecule has 4 unspecified atom stereocenters. The molecule has 2 bridgehead atoms. The normalized spacial score (nSPS) is 47.8. The lowest BCUT2D eigenvalue weighted by Crippen LogP contribution is -2.46. The van der Waals surface area contributed by atoms with Gasteiger partial charge in [-0.3, -0.25) is 0 Å². The molecule has 2 heteroatoms. The molecule has 2 nitrogen and oxygen atoms in total. The predicted molar refractivity (Wildman–Crippen MR) is 55.9 cm³/mol. The van der Waals surface area contributed by atoms with Crippen LogP contribution in [0.3, 0.4) is 0 Å². The molecule has 14 heavy (non-hydrogen) atoms. The third-order valence-electron chi connectivity index (χ3n) is 4.33. The van der Waals surface area contributed by atoms with Gasteiger partial charge in [0, 0.05) is 6.61 Å². The standard InChI is InChI=1S/C12H22O2/c1-9-6-10-2-3-12(14,4-5-13)11(7-9)8-10/h9-11,13-14H,2-8H2,1H3. The molecule has 0 aromatic heterocycles. The summed E-state index contributed by atoms with van der Waals surface area (Å²) in [5.41, 5.74) is -0.542. The Morgan fingerprint density at radius 1 is 1.29 bits per heavy atom. The average Bonchev–Trinajstić information content (AvgIpc) is 2.13. The highest BCUT2D eigenvalue weighted by Crippen LogP contribution is 2.48. The summed E-state index contributed by atoms with van der Waals surface area (Å²) in [5, 5.41) is 19.4. The van der Waals surface area contributed by atoms with Crippen LogP contribution in [0.2, 0.25) is 0 Å². The summed E-state index contributed by atoms with van der Waals surface area (Å²) >= 11 is 0. The van der Waals surface area contributed by atoms with Gasteiger partial charge in [-0.15, -0.1) is 0 Å². The second-order valence-corrected chi connectivity index (χ2v) is 5.49. The van der Waals surface area contributed by atoms with Crippen LogP contribution in [-0.4, -0.2) is 22.4 Å². The minimum atomic E-state index is -0.542. The number of fused-ring (bicyclic) bond motifs is 2. The first-order chi connectivity index (χ1) is 6.64. The molecule has 0 saturated heterocycles. The van der Waals surface area contributed by atoms with Gasteiger partial charge in [-0.25, -0.2) is 0 Å². The van der Waals surface area contributed by atoms with Crippen LogP contribution in [0, 0.1) is 17.8 Å². The summed E-state index contributed by atoms with van der Waals surface area (Å²) < 4.78 is 0. The number of hydrogen-bond acceptors (Lipinski definition) is 2. The van der Waals surface area contributed by atoms with E-state index in [1.54, 1.807) is 0 Å². The molecule has 82 valence electrons. The largest absolute Gasteiger partial charge is 0.396 e. The molecule has 0 radical (unpaired) electrons. The van der Waals surface area contributed by atoms with Crippen LogP contribution in [-0.2, 0) is 0 Å². The zero-order chi connectivity index (χ0) is 10.2. The van der Waals surface area contributed by atoms with Gasteiger partial charge in [0.15, 0.2) is 0 Å². The second kappa shape index (κ2) is 3.82. The smallest absolute Gasteiger partial charge is 0.0697 e. The Morgan fingerprint density at radius 2 is 2.07 bits per heavy atom. The molecule has 0 aromatic carbocycles. The maximum atomic E-state index is 10.4. The summed E-state index contributed by atoms with van der Waals surface area (Å²) in [6.45, 7) is 2.43. The van der Waals surface area contributed by atoms with Gasteiger partial charge < -0.3 is 10.2 Å². The zero-order valence-corrected chi connectivity index (χ0v) is 9.08. The molecule has 0 aliphatic heterocycles. The van der Waals surface area contributed by atoms with Gasteiger partial charge in [-0.05, 0) is 56.3 Å². The second-order valence-electron chi connectivity index (χ2n) is 5.49. The zero-order valence-electron chi connectivity index (χ0n) is 9.08. The van der Waals surface area contributed by atoms with Crippen LogP contribution in [0.25, 0.3) is 0 Å². The molecule has 0 aromatic rings. The molecular formula is C12H22O2. The molecule has 2 aliphatic carbocycles. The van der Waals surface area contributed by atoms with Gasteiger partial charge in [0.2, 0.25) is 0 Å². The van der Waals surface area contributed by atoms with Gasteiger partial charge in [-0.1, -0.05) is 6.92 Å². The van der Waals surface area contributed by atoms with E-state index >= 15 is 0 Å². The van der Waals surface area contributed by atoms with Crippen molar-refractivity contribution in [3.63, 3.8) is 0 Å². The molecule has 0 spiro atoms. The molecule has 2 saturated carbocycles. The van der Waals surface area contributed by atoms with Crippen LogP contribution in [0.15, 0.2) is 0 Å². The number of aliphatic hydroxyl groups excluding tert-OH is 1. The van der Waals surface area contributed by atoms with Gasteiger partial charge in [0.25, 0.3) is 0 Å². The summed E-state index contributed by atoms with van der Waals surface area (Å²) in [7, 11) is 0. The first kappa shape index (κ1) is 10.4. The maximum Gasteiger partial charge on any atom is 0.0697 e. The van der Waals surface area contributed by atoms with Gasteiger partial charge in [-0.2, -0.15) is 0 Å². The number of aliphatic hydroxyl groups is 2. The number of rotatable bonds is 2. The highest BCUT2D eigenvalue weighted by molar-refractivity contribution is 4.96. The van der Waals surface area contributed by atoms with Crippen molar-refractivity contribution < 1.29 is 10.2 Å². The van der Waals surface area contributed by atoms with Gasteiger partial charge in [0.05, 0.1) is 5.60 Å². The van der Waals surface area contributed by atoms with E-state index in [0.29, 0.717) is 12.3 Å². The van der Waals surface area contributed by atoms with Crippen molar-refractivity contribution >= 4 is 0 Å². The Bertz CT molecular complexity index is 202. The average molecular weight is 198 g/mol. The van der Waals surface area contributed by atoms with E-state index in [4.69, 9.17) is 5.11 Å². The Morgan fingerprint density at radius 3 is 2.79 bits per heavy atom. The van der Waals surface area contributed by atoms with Gasteiger partial charge in [0.1, 0.15) is 0 Å². The Labute approximate surface area is 86.3 Å². The van der Waals surface area contributed by atoms with Crippen molar-refractivity contribution in [1.82, 2.24) is 0 Å². The van der Waals surface area contributed by atoms with Crippen molar-refractivity contribution in [3.05, 3.63) is 0 Å². The van der Waals surface area contributed by atoms with E-state index in [9.17, 15) is 5.11 Å². The lowest BCUT2D eigenvalue weighted by Gasteiger charge is -2.48. The summed E-state index contributed by atoms with van der Waals surface area (Å²) in [5.74, 6) is 2.07. The lowest BCUT2D eigenvalue weighted by molar-refractivity contribution is -0.0995. The third kappa shape index (κ3) is 1.82. The Hall–Kier alpha value is -0.0800. The van der Waals surface area contributed by atoms with Crippen LogP contribution in [0.5, 0.6) is 0 Å². The predicted octanol–water partition coefficient (Wildman–Crippen LogP) is 1.95. The van der Waals surface area contributed by atoms with Crippen molar-refractivity contribution in [2.45, 2.75) is 51.0 Å². The Kier molecular flexibility index (Phi) is 2.85. The van der Waals surface area contributed by atoms with E-state index in [-0.39, 0.29) is 6.61 Å². The van der Waals surface area contributed by atoms with Crippen LogP contribution in [0.4, 0.5) is 0 Å². The molecule has 2 fully saturated rings. The Balaban J connectivity index is 2.06. The fraction of sp³-hybridized carbons (Fsp3) is 1.00. The van der Waals surface area contributed by atoms with E-state index in [0.717, 1.165) is 31.1 Å².